The lowest BCUT2D eigenvalue weighted by Crippen LogP contribution is -2.46. The Morgan fingerprint density at radius 2 is 2.32 bits per heavy atom. The molecule has 1 unspecified atom stereocenters. The van der Waals surface area contributed by atoms with E-state index in [9.17, 15) is 4.79 Å². The number of amides is 1. The number of aryl methyl sites for hydroxylation is 1. The SMILES string of the molecule is COc1cc(CNC(=O)C2CCCCN2)ccc1C. The molecule has 1 heterocycles. The van der Waals surface area contributed by atoms with Crippen LogP contribution >= 0.6 is 0 Å². The smallest absolute Gasteiger partial charge is 0.237 e. The van der Waals surface area contributed by atoms with Crippen LogP contribution in [-0.4, -0.2) is 25.6 Å². The standard InChI is InChI=1S/C15H22N2O2/c1-11-6-7-12(9-14(11)19-2)10-17-15(18)13-5-3-4-8-16-13/h6-7,9,13,16H,3-5,8,10H2,1-2H3,(H,17,18). The molecule has 1 fully saturated rings. The number of carbonyl (C=O) groups excluding carboxylic acids is 1. The van der Waals surface area contributed by atoms with Crippen molar-refractivity contribution in [2.75, 3.05) is 13.7 Å². The topological polar surface area (TPSA) is 50.4 Å². The fourth-order valence-electron chi connectivity index (χ4n) is 2.36. The third-order valence-corrected chi connectivity index (χ3v) is 3.57. The summed E-state index contributed by atoms with van der Waals surface area (Å²) in [6, 6.07) is 5.98. The number of nitrogens with one attached hydrogen (secondary N) is 2. The summed E-state index contributed by atoms with van der Waals surface area (Å²) in [5, 5.41) is 6.23. The highest BCUT2D eigenvalue weighted by molar-refractivity contribution is 5.81. The third kappa shape index (κ3) is 3.70. The Hall–Kier alpha value is -1.55. The molecule has 0 radical (unpaired) electrons. The van der Waals surface area contributed by atoms with Crippen LogP contribution in [0.4, 0.5) is 0 Å². The fraction of sp³-hybridized carbons (Fsp3) is 0.533. The predicted octanol–water partition coefficient (Wildman–Crippen LogP) is 1.76. The van der Waals surface area contributed by atoms with E-state index in [0.29, 0.717) is 6.54 Å². The predicted molar refractivity (Wildman–Crippen MR) is 75.2 cm³/mol. The summed E-state index contributed by atoms with van der Waals surface area (Å²) in [6.07, 6.45) is 3.23. The van der Waals surface area contributed by atoms with Crippen LogP contribution in [-0.2, 0) is 11.3 Å². The molecular weight excluding hydrogens is 240 g/mol. The van der Waals surface area contributed by atoms with E-state index in [4.69, 9.17) is 4.74 Å². The molecule has 1 aliphatic rings. The second kappa shape index (κ2) is 6.57. The van der Waals surface area contributed by atoms with Crippen molar-refractivity contribution in [3.05, 3.63) is 29.3 Å². The lowest BCUT2D eigenvalue weighted by molar-refractivity contribution is -0.123. The van der Waals surface area contributed by atoms with Gasteiger partial charge < -0.3 is 15.4 Å². The van der Waals surface area contributed by atoms with Crippen LogP contribution in [0.5, 0.6) is 5.75 Å². The maximum absolute atomic E-state index is 12.0. The molecule has 0 aromatic heterocycles. The van der Waals surface area contributed by atoms with Crippen molar-refractivity contribution in [2.24, 2.45) is 0 Å². The number of piperidine rings is 1. The van der Waals surface area contributed by atoms with Crippen molar-refractivity contribution in [3.63, 3.8) is 0 Å². The van der Waals surface area contributed by atoms with Crippen LogP contribution in [0.15, 0.2) is 18.2 Å². The van der Waals surface area contributed by atoms with Gasteiger partial charge in [0.05, 0.1) is 13.2 Å². The summed E-state index contributed by atoms with van der Waals surface area (Å²) < 4.78 is 5.28. The van der Waals surface area contributed by atoms with E-state index in [1.54, 1.807) is 7.11 Å². The molecule has 1 aromatic carbocycles. The zero-order valence-electron chi connectivity index (χ0n) is 11.7. The molecule has 1 aromatic rings. The number of ether oxygens (including phenoxy) is 1. The molecule has 4 nitrogen and oxygen atoms in total. The van der Waals surface area contributed by atoms with Crippen molar-refractivity contribution < 1.29 is 9.53 Å². The van der Waals surface area contributed by atoms with Gasteiger partial charge in [-0.1, -0.05) is 18.6 Å². The van der Waals surface area contributed by atoms with Gasteiger partial charge in [-0.05, 0) is 43.5 Å². The molecular formula is C15H22N2O2. The molecule has 104 valence electrons. The Kier molecular flexibility index (Phi) is 4.80. The van der Waals surface area contributed by atoms with Gasteiger partial charge in [0.2, 0.25) is 5.91 Å². The highest BCUT2D eigenvalue weighted by atomic mass is 16.5. The number of hydrogen-bond acceptors (Lipinski definition) is 3. The van der Waals surface area contributed by atoms with Crippen LogP contribution in [0, 0.1) is 6.92 Å². The zero-order chi connectivity index (χ0) is 13.7. The Balaban J connectivity index is 1.89. The lowest BCUT2D eigenvalue weighted by atomic mass is 10.0. The molecule has 2 N–H and O–H groups in total. The van der Waals surface area contributed by atoms with Gasteiger partial charge in [0, 0.05) is 6.54 Å². The largest absolute Gasteiger partial charge is 0.496 e. The average molecular weight is 262 g/mol. The molecule has 0 aliphatic carbocycles. The van der Waals surface area contributed by atoms with Crippen molar-refractivity contribution >= 4 is 5.91 Å². The highest BCUT2D eigenvalue weighted by Crippen LogP contribution is 2.18. The molecule has 2 rings (SSSR count). The first kappa shape index (κ1) is 13.9. The number of methoxy groups -OCH3 is 1. The minimum atomic E-state index is -0.0268. The van der Waals surface area contributed by atoms with E-state index in [2.05, 4.69) is 10.6 Å². The second-order valence-corrected chi connectivity index (χ2v) is 5.02. The first-order valence-electron chi connectivity index (χ1n) is 6.85. The van der Waals surface area contributed by atoms with E-state index in [1.807, 2.05) is 25.1 Å². The van der Waals surface area contributed by atoms with E-state index in [-0.39, 0.29) is 11.9 Å². The van der Waals surface area contributed by atoms with Gasteiger partial charge in [-0.25, -0.2) is 0 Å². The molecule has 0 bridgehead atoms. The molecule has 1 saturated heterocycles. The lowest BCUT2D eigenvalue weighted by Gasteiger charge is -2.22. The first-order valence-corrected chi connectivity index (χ1v) is 6.85. The van der Waals surface area contributed by atoms with Crippen molar-refractivity contribution in [3.8, 4) is 5.75 Å². The van der Waals surface area contributed by atoms with Crippen LogP contribution in [0.25, 0.3) is 0 Å². The molecule has 4 heteroatoms. The minimum Gasteiger partial charge on any atom is -0.496 e. The number of benzene rings is 1. The van der Waals surface area contributed by atoms with Gasteiger partial charge in [-0.3, -0.25) is 4.79 Å². The van der Waals surface area contributed by atoms with Crippen molar-refractivity contribution in [1.82, 2.24) is 10.6 Å². The second-order valence-electron chi connectivity index (χ2n) is 5.02. The monoisotopic (exact) mass is 262 g/mol. The maximum atomic E-state index is 12.0. The van der Waals surface area contributed by atoms with Crippen LogP contribution in [0.2, 0.25) is 0 Å². The molecule has 1 amide bonds. The molecule has 19 heavy (non-hydrogen) atoms. The molecule has 1 aliphatic heterocycles. The summed E-state index contributed by atoms with van der Waals surface area (Å²) in [5.41, 5.74) is 2.16. The average Bonchev–Trinajstić information content (AvgIpc) is 2.47. The van der Waals surface area contributed by atoms with Gasteiger partial charge in [-0.2, -0.15) is 0 Å². The number of rotatable bonds is 4. The van der Waals surface area contributed by atoms with Gasteiger partial charge in [-0.15, -0.1) is 0 Å². The molecule has 0 spiro atoms. The Morgan fingerprint density at radius 1 is 1.47 bits per heavy atom. The number of hydrogen-bond donors (Lipinski definition) is 2. The van der Waals surface area contributed by atoms with E-state index < -0.39 is 0 Å². The van der Waals surface area contributed by atoms with Crippen LogP contribution < -0.4 is 15.4 Å². The quantitative estimate of drug-likeness (QED) is 0.869. The van der Waals surface area contributed by atoms with Crippen LogP contribution in [0.1, 0.15) is 30.4 Å². The van der Waals surface area contributed by atoms with Gasteiger partial charge >= 0.3 is 0 Å². The van der Waals surface area contributed by atoms with Crippen LogP contribution in [0.3, 0.4) is 0 Å². The summed E-state index contributed by atoms with van der Waals surface area (Å²) in [6.45, 7) is 3.50. The summed E-state index contributed by atoms with van der Waals surface area (Å²) in [5.74, 6) is 0.960. The van der Waals surface area contributed by atoms with E-state index >= 15 is 0 Å². The van der Waals surface area contributed by atoms with Crippen molar-refractivity contribution in [2.45, 2.75) is 38.8 Å². The zero-order valence-corrected chi connectivity index (χ0v) is 11.7. The third-order valence-electron chi connectivity index (χ3n) is 3.57. The van der Waals surface area contributed by atoms with E-state index in [0.717, 1.165) is 36.3 Å². The normalized spacial score (nSPS) is 18.9. The van der Waals surface area contributed by atoms with Crippen molar-refractivity contribution in [1.29, 1.82) is 0 Å². The van der Waals surface area contributed by atoms with E-state index in [1.165, 1.54) is 6.42 Å². The number of carbonyl (C=O) groups is 1. The molecule has 1 atom stereocenters. The van der Waals surface area contributed by atoms with Gasteiger partial charge in [0.1, 0.15) is 5.75 Å². The van der Waals surface area contributed by atoms with Gasteiger partial charge in [0.15, 0.2) is 0 Å². The minimum absolute atomic E-state index is 0.0268. The molecule has 0 saturated carbocycles. The van der Waals surface area contributed by atoms with Gasteiger partial charge in [0.25, 0.3) is 0 Å². The first-order chi connectivity index (χ1) is 9.20. The maximum Gasteiger partial charge on any atom is 0.237 e. The highest BCUT2D eigenvalue weighted by Gasteiger charge is 2.19. The fourth-order valence-corrected chi connectivity index (χ4v) is 2.36. The Bertz CT molecular complexity index is 440. The summed E-state index contributed by atoms with van der Waals surface area (Å²) in [7, 11) is 1.66. The summed E-state index contributed by atoms with van der Waals surface area (Å²) >= 11 is 0. The Labute approximate surface area is 114 Å². The Morgan fingerprint density at radius 3 is 3.00 bits per heavy atom. The summed E-state index contributed by atoms with van der Waals surface area (Å²) in [4.78, 5) is 12.0.